The Bertz CT molecular complexity index is 487. The Balaban J connectivity index is 1.95. The van der Waals surface area contributed by atoms with Crippen molar-refractivity contribution in [1.29, 1.82) is 5.26 Å². The number of nitriles is 1. The Kier molecular flexibility index (Phi) is 4.00. The first-order valence-corrected chi connectivity index (χ1v) is 6.81. The number of fused-ring (bicyclic) bond motifs is 1. The van der Waals surface area contributed by atoms with Crippen LogP contribution in [0.15, 0.2) is 24.3 Å². The van der Waals surface area contributed by atoms with Gasteiger partial charge in [-0.1, -0.05) is 12.1 Å². The second kappa shape index (κ2) is 5.69. The molecule has 0 aliphatic carbocycles. The van der Waals surface area contributed by atoms with E-state index in [1.165, 1.54) is 4.90 Å². The Labute approximate surface area is 110 Å². The highest BCUT2D eigenvalue weighted by molar-refractivity contribution is 7.99. The van der Waals surface area contributed by atoms with Gasteiger partial charge in [0.2, 0.25) is 0 Å². The number of amides is 2. The number of hydrogen-bond donors (Lipinski definition) is 0. The monoisotopic (exact) mass is 260 g/mol. The minimum absolute atomic E-state index is 0.212. The lowest BCUT2D eigenvalue weighted by molar-refractivity contribution is 0.0664. The molecule has 0 spiro atoms. The predicted octanol–water partition coefficient (Wildman–Crippen LogP) is 1.93. The normalized spacial score (nSPS) is 13.6. The molecular weight excluding hydrogens is 248 g/mol. The van der Waals surface area contributed by atoms with Crippen LogP contribution in [0.2, 0.25) is 0 Å². The Morgan fingerprint density at radius 1 is 1.11 bits per heavy atom. The molecule has 1 aromatic carbocycles. The van der Waals surface area contributed by atoms with Gasteiger partial charge in [-0.25, -0.2) is 0 Å². The van der Waals surface area contributed by atoms with E-state index in [-0.39, 0.29) is 11.8 Å². The molecule has 0 fully saturated rings. The fraction of sp³-hybridized carbons (Fsp3) is 0.308. The molecule has 1 aromatic rings. The van der Waals surface area contributed by atoms with Gasteiger partial charge in [0, 0.05) is 24.5 Å². The molecule has 0 unspecified atom stereocenters. The molecule has 0 aromatic heterocycles. The number of hydrogen-bond acceptors (Lipinski definition) is 4. The summed E-state index contributed by atoms with van der Waals surface area (Å²) in [4.78, 5) is 25.2. The van der Waals surface area contributed by atoms with Gasteiger partial charge in [0.05, 0.1) is 17.2 Å². The van der Waals surface area contributed by atoms with Gasteiger partial charge >= 0.3 is 0 Å². The molecule has 0 atom stereocenters. The molecular formula is C13H12N2O2S. The third kappa shape index (κ3) is 2.39. The van der Waals surface area contributed by atoms with Crippen LogP contribution < -0.4 is 0 Å². The first-order chi connectivity index (χ1) is 8.75. The van der Waals surface area contributed by atoms with Crippen molar-refractivity contribution in [2.75, 3.05) is 18.1 Å². The molecule has 1 heterocycles. The fourth-order valence-electron chi connectivity index (χ4n) is 1.82. The van der Waals surface area contributed by atoms with Crippen molar-refractivity contribution in [3.63, 3.8) is 0 Å². The summed E-state index contributed by atoms with van der Waals surface area (Å²) < 4.78 is 0. The lowest BCUT2D eigenvalue weighted by Crippen LogP contribution is -2.31. The molecule has 2 rings (SSSR count). The number of rotatable bonds is 5. The second-order valence-electron chi connectivity index (χ2n) is 3.83. The van der Waals surface area contributed by atoms with E-state index in [2.05, 4.69) is 6.07 Å². The molecule has 0 saturated carbocycles. The maximum Gasteiger partial charge on any atom is 0.261 e. The van der Waals surface area contributed by atoms with Crippen LogP contribution in [0.5, 0.6) is 0 Å². The van der Waals surface area contributed by atoms with Gasteiger partial charge in [-0.3, -0.25) is 14.5 Å². The highest BCUT2D eigenvalue weighted by atomic mass is 32.2. The summed E-state index contributed by atoms with van der Waals surface area (Å²) in [7, 11) is 0. The zero-order chi connectivity index (χ0) is 13.0. The first-order valence-electron chi connectivity index (χ1n) is 5.65. The maximum absolute atomic E-state index is 12.0. The number of thioether (sulfide) groups is 1. The van der Waals surface area contributed by atoms with Crippen molar-refractivity contribution >= 4 is 23.6 Å². The van der Waals surface area contributed by atoms with Crippen molar-refractivity contribution in [2.24, 2.45) is 0 Å². The van der Waals surface area contributed by atoms with E-state index in [0.717, 1.165) is 5.75 Å². The molecule has 5 heteroatoms. The third-order valence-electron chi connectivity index (χ3n) is 2.70. The van der Waals surface area contributed by atoms with Gasteiger partial charge < -0.3 is 0 Å². The summed E-state index contributed by atoms with van der Waals surface area (Å²) in [6, 6.07) is 8.94. The third-order valence-corrected chi connectivity index (χ3v) is 3.66. The van der Waals surface area contributed by atoms with E-state index < -0.39 is 0 Å². The smallest absolute Gasteiger partial charge is 0.261 e. The van der Waals surface area contributed by atoms with Crippen LogP contribution >= 0.6 is 11.8 Å². The highest BCUT2D eigenvalue weighted by Gasteiger charge is 2.34. The number of carbonyl (C=O) groups is 2. The number of benzene rings is 1. The summed E-state index contributed by atoms with van der Waals surface area (Å²) in [5.41, 5.74) is 0.981. The van der Waals surface area contributed by atoms with E-state index in [0.29, 0.717) is 29.8 Å². The van der Waals surface area contributed by atoms with Crippen LogP contribution in [-0.2, 0) is 0 Å². The fourth-order valence-corrected chi connectivity index (χ4v) is 2.57. The van der Waals surface area contributed by atoms with Crippen molar-refractivity contribution in [1.82, 2.24) is 4.90 Å². The molecule has 18 heavy (non-hydrogen) atoms. The van der Waals surface area contributed by atoms with Crippen LogP contribution in [0, 0.1) is 11.3 Å². The van der Waals surface area contributed by atoms with E-state index in [9.17, 15) is 9.59 Å². The summed E-state index contributed by atoms with van der Waals surface area (Å²) in [6.45, 7) is 0.405. The quantitative estimate of drug-likeness (QED) is 0.599. The van der Waals surface area contributed by atoms with Gasteiger partial charge in [0.25, 0.3) is 11.8 Å². The Hall–Kier alpha value is -1.80. The van der Waals surface area contributed by atoms with Gasteiger partial charge in [-0.15, -0.1) is 0 Å². The molecule has 4 nitrogen and oxygen atoms in total. The minimum Gasteiger partial charge on any atom is -0.274 e. The summed E-state index contributed by atoms with van der Waals surface area (Å²) in [5.74, 6) is 0.986. The van der Waals surface area contributed by atoms with Crippen LogP contribution in [-0.4, -0.2) is 34.8 Å². The van der Waals surface area contributed by atoms with Crippen LogP contribution in [0.25, 0.3) is 0 Å². The summed E-state index contributed by atoms with van der Waals surface area (Å²) >= 11 is 1.58. The maximum atomic E-state index is 12.0. The zero-order valence-electron chi connectivity index (χ0n) is 9.76. The van der Waals surface area contributed by atoms with Crippen LogP contribution in [0.3, 0.4) is 0 Å². The summed E-state index contributed by atoms with van der Waals surface area (Å²) in [6.07, 6.45) is 0.493. The SMILES string of the molecule is N#CCCSCCN1C(=O)c2ccccc2C1=O. The molecule has 0 radical (unpaired) electrons. The van der Waals surface area contributed by atoms with Crippen molar-refractivity contribution in [3.05, 3.63) is 35.4 Å². The minimum atomic E-state index is -0.212. The molecule has 1 aliphatic rings. The number of imide groups is 1. The lowest BCUT2D eigenvalue weighted by Gasteiger charge is -2.12. The van der Waals surface area contributed by atoms with Gasteiger partial charge in [-0.05, 0) is 12.1 Å². The van der Waals surface area contributed by atoms with Gasteiger partial charge in [0.15, 0.2) is 0 Å². The predicted molar refractivity (Wildman–Crippen MR) is 69.4 cm³/mol. The van der Waals surface area contributed by atoms with Gasteiger partial charge in [0.1, 0.15) is 0 Å². The molecule has 0 N–H and O–H groups in total. The highest BCUT2D eigenvalue weighted by Crippen LogP contribution is 2.22. The summed E-state index contributed by atoms with van der Waals surface area (Å²) in [5, 5.41) is 8.40. The molecule has 0 saturated heterocycles. The topological polar surface area (TPSA) is 61.2 Å². The van der Waals surface area contributed by atoms with E-state index >= 15 is 0 Å². The molecule has 2 amide bonds. The Morgan fingerprint density at radius 2 is 1.72 bits per heavy atom. The van der Waals surface area contributed by atoms with Crippen LogP contribution in [0.1, 0.15) is 27.1 Å². The van der Waals surface area contributed by atoms with Crippen molar-refractivity contribution in [3.8, 4) is 6.07 Å². The van der Waals surface area contributed by atoms with Gasteiger partial charge in [-0.2, -0.15) is 17.0 Å². The number of carbonyl (C=O) groups excluding carboxylic acids is 2. The Morgan fingerprint density at radius 3 is 2.28 bits per heavy atom. The van der Waals surface area contributed by atoms with E-state index in [1.807, 2.05) is 0 Å². The average molecular weight is 260 g/mol. The standard InChI is InChI=1S/C13H12N2O2S/c14-6-3-8-18-9-7-15-12(16)10-4-1-2-5-11(10)13(15)17/h1-2,4-5H,3,7-9H2. The average Bonchev–Trinajstić information content (AvgIpc) is 2.64. The molecule has 0 bridgehead atoms. The van der Waals surface area contributed by atoms with Crippen LogP contribution in [0.4, 0.5) is 0 Å². The first kappa shape index (κ1) is 12.7. The van der Waals surface area contributed by atoms with Crippen molar-refractivity contribution < 1.29 is 9.59 Å². The zero-order valence-corrected chi connectivity index (χ0v) is 10.6. The largest absolute Gasteiger partial charge is 0.274 e. The van der Waals surface area contributed by atoms with E-state index in [4.69, 9.17) is 5.26 Å². The van der Waals surface area contributed by atoms with E-state index in [1.54, 1.807) is 36.0 Å². The number of nitrogens with zero attached hydrogens (tertiary/aromatic N) is 2. The van der Waals surface area contributed by atoms with Crippen molar-refractivity contribution in [2.45, 2.75) is 6.42 Å². The lowest BCUT2D eigenvalue weighted by atomic mass is 10.1. The molecule has 92 valence electrons. The second-order valence-corrected chi connectivity index (χ2v) is 5.05. The molecule has 1 aliphatic heterocycles.